The number of hydrogen-bond acceptors (Lipinski definition) is 2. The molecular formula is C13H22N2O2. The molecule has 96 valence electrons. The van der Waals surface area contributed by atoms with Gasteiger partial charge in [-0.1, -0.05) is 38.3 Å². The van der Waals surface area contributed by atoms with E-state index in [-0.39, 0.29) is 5.91 Å². The van der Waals surface area contributed by atoms with Crippen molar-refractivity contribution in [1.29, 1.82) is 0 Å². The average Bonchev–Trinajstić information content (AvgIpc) is 2.29. The second-order valence-electron chi connectivity index (χ2n) is 4.84. The van der Waals surface area contributed by atoms with Gasteiger partial charge in [-0.15, -0.1) is 0 Å². The molecule has 4 nitrogen and oxygen atoms in total. The molecule has 0 spiro atoms. The van der Waals surface area contributed by atoms with Gasteiger partial charge in [0.1, 0.15) is 0 Å². The van der Waals surface area contributed by atoms with Crippen molar-refractivity contribution < 1.29 is 9.59 Å². The fourth-order valence-corrected chi connectivity index (χ4v) is 2.64. The second kappa shape index (κ2) is 5.84. The highest BCUT2D eigenvalue weighted by Gasteiger charge is 2.46. The molecule has 0 unspecified atom stereocenters. The number of amides is 2. The molecule has 0 radical (unpaired) electrons. The molecule has 1 rings (SSSR count). The van der Waals surface area contributed by atoms with Crippen molar-refractivity contribution in [3.8, 4) is 0 Å². The zero-order chi connectivity index (χ0) is 12.9. The fourth-order valence-electron chi connectivity index (χ4n) is 2.64. The van der Waals surface area contributed by atoms with Crippen molar-refractivity contribution in [1.82, 2.24) is 0 Å². The Morgan fingerprint density at radius 2 is 2.00 bits per heavy atom. The molecule has 1 aliphatic carbocycles. The maximum atomic E-state index is 11.8. The molecule has 2 amide bonds. The Bertz CT molecular complexity index is 325. The van der Waals surface area contributed by atoms with Crippen LogP contribution < -0.4 is 11.5 Å². The Kier molecular flexibility index (Phi) is 4.73. The van der Waals surface area contributed by atoms with Gasteiger partial charge in [-0.2, -0.15) is 0 Å². The molecular weight excluding hydrogens is 216 g/mol. The summed E-state index contributed by atoms with van der Waals surface area (Å²) in [5, 5.41) is 0. The van der Waals surface area contributed by atoms with Gasteiger partial charge in [-0.25, -0.2) is 0 Å². The van der Waals surface area contributed by atoms with Gasteiger partial charge >= 0.3 is 0 Å². The van der Waals surface area contributed by atoms with E-state index in [0.717, 1.165) is 19.3 Å². The molecule has 2 atom stereocenters. The first kappa shape index (κ1) is 13.7. The van der Waals surface area contributed by atoms with Gasteiger partial charge in [0.2, 0.25) is 11.8 Å². The van der Waals surface area contributed by atoms with Gasteiger partial charge < -0.3 is 11.5 Å². The molecule has 4 heteroatoms. The molecule has 0 aromatic heterocycles. The zero-order valence-electron chi connectivity index (χ0n) is 10.4. The van der Waals surface area contributed by atoms with Crippen LogP contribution in [0.3, 0.4) is 0 Å². The van der Waals surface area contributed by atoms with Gasteiger partial charge in [-0.05, 0) is 19.3 Å². The first-order chi connectivity index (χ1) is 8.04. The standard InChI is InChI=1S/C13H22N2O2/c1-2-3-5-8-13(12(15)17)9-6-4-7-10(13)11(14)16/h4,6,10H,2-3,5,7-9H2,1H3,(H2,14,16)(H2,15,17)/t10-,13-/m1/s1. The molecule has 1 aliphatic rings. The molecule has 0 heterocycles. The summed E-state index contributed by atoms with van der Waals surface area (Å²) >= 11 is 0. The van der Waals surface area contributed by atoms with Crippen LogP contribution in [0.2, 0.25) is 0 Å². The quantitative estimate of drug-likeness (QED) is 0.542. The summed E-state index contributed by atoms with van der Waals surface area (Å²) in [7, 11) is 0. The van der Waals surface area contributed by atoms with E-state index in [1.807, 2.05) is 12.2 Å². The lowest BCUT2D eigenvalue weighted by atomic mass is 9.65. The molecule has 0 aromatic carbocycles. The molecule has 4 N–H and O–H groups in total. The third-order valence-corrected chi connectivity index (χ3v) is 3.75. The smallest absolute Gasteiger partial charge is 0.224 e. The van der Waals surface area contributed by atoms with E-state index in [9.17, 15) is 9.59 Å². The summed E-state index contributed by atoms with van der Waals surface area (Å²) in [5.74, 6) is -1.24. The number of unbranched alkanes of at least 4 members (excludes halogenated alkanes) is 2. The monoisotopic (exact) mass is 238 g/mol. The summed E-state index contributed by atoms with van der Waals surface area (Å²) in [6, 6.07) is 0. The summed E-state index contributed by atoms with van der Waals surface area (Å²) in [4.78, 5) is 23.3. The van der Waals surface area contributed by atoms with E-state index in [4.69, 9.17) is 11.5 Å². The highest BCUT2D eigenvalue weighted by atomic mass is 16.2. The van der Waals surface area contributed by atoms with Crippen molar-refractivity contribution in [2.45, 2.75) is 45.4 Å². The first-order valence-electron chi connectivity index (χ1n) is 6.29. The Labute approximate surface area is 102 Å². The van der Waals surface area contributed by atoms with E-state index < -0.39 is 17.2 Å². The van der Waals surface area contributed by atoms with Crippen LogP contribution in [0.25, 0.3) is 0 Å². The van der Waals surface area contributed by atoms with Gasteiger partial charge in [0.05, 0.1) is 11.3 Å². The highest BCUT2D eigenvalue weighted by molar-refractivity contribution is 5.89. The minimum absolute atomic E-state index is 0.387. The number of carbonyl (C=O) groups excluding carboxylic acids is 2. The number of rotatable bonds is 6. The number of allylic oxidation sites excluding steroid dienone is 2. The molecule has 0 saturated heterocycles. The molecule has 0 bridgehead atoms. The maximum Gasteiger partial charge on any atom is 0.224 e. The van der Waals surface area contributed by atoms with Crippen LogP contribution >= 0.6 is 0 Å². The predicted molar refractivity (Wildman–Crippen MR) is 66.8 cm³/mol. The van der Waals surface area contributed by atoms with Crippen molar-refractivity contribution in [3.05, 3.63) is 12.2 Å². The van der Waals surface area contributed by atoms with E-state index in [1.165, 1.54) is 0 Å². The van der Waals surface area contributed by atoms with E-state index in [2.05, 4.69) is 6.92 Å². The van der Waals surface area contributed by atoms with Crippen molar-refractivity contribution in [2.24, 2.45) is 22.8 Å². The summed E-state index contributed by atoms with van der Waals surface area (Å²) in [6.07, 6.45) is 8.62. The van der Waals surface area contributed by atoms with Crippen LogP contribution in [0, 0.1) is 11.3 Å². The fraction of sp³-hybridized carbons (Fsp3) is 0.692. The topological polar surface area (TPSA) is 86.2 Å². The van der Waals surface area contributed by atoms with Gasteiger partial charge in [0.25, 0.3) is 0 Å². The minimum atomic E-state index is -0.754. The lowest BCUT2D eigenvalue weighted by molar-refractivity contribution is -0.139. The van der Waals surface area contributed by atoms with Crippen molar-refractivity contribution >= 4 is 11.8 Å². The highest BCUT2D eigenvalue weighted by Crippen LogP contribution is 2.42. The Hall–Kier alpha value is -1.32. The van der Waals surface area contributed by atoms with Crippen LogP contribution in [0.4, 0.5) is 0 Å². The Morgan fingerprint density at radius 3 is 2.53 bits per heavy atom. The number of nitrogens with two attached hydrogens (primary N) is 2. The normalized spacial score (nSPS) is 27.9. The van der Waals surface area contributed by atoms with Crippen LogP contribution in [0.5, 0.6) is 0 Å². The third kappa shape index (κ3) is 2.87. The largest absolute Gasteiger partial charge is 0.369 e. The van der Waals surface area contributed by atoms with Crippen LogP contribution in [-0.4, -0.2) is 11.8 Å². The van der Waals surface area contributed by atoms with E-state index in [0.29, 0.717) is 19.3 Å². The number of primary amides is 2. The van der Waals surface area contributed by atoms with Crippen molar-refractivity contribution in [3.63, 3.8) is 0 Å². The second-order valence-corrected chi connectivity index (χ2v) is 4.84. The van der Waals surface area contributed by atoms with Crippen LogP contribution in [0.1, 0.15) is 45.4 Å². The molecule has 0 fully saturated rings. The lowest BCUT2D eigenvalue weighted by Gasteiger charge is -2.37. The zero-order valence-corrected chi connectivity index (χ0v) is 10.4. The van der Waals surface area contributed by atoms with Gasteiger partial charge in [0, 0.05) is 0 Å². The molecule has 17 heavy (non-hydrogen) atoms. The number of hydrogen-bond donors (Lipinski definition) is 2. The summed E-state index contributed by atoms with van der Waals surface area (Å²) < 4.78 is 0. The molecule has 0 aromatic rings. The SMILES string of the molecule is CCCCC[C@@]1(C(N)=O)CC=CC[C@@H]1C(N)=O. The molecule has 0 aliphatic heterocycles. The third-order valence-electron chi connectivity index (χ3n) is 3.75. The Morgan fingerprint density at radius 1 is 1.29 bits per heavy atom. The van der Waals surface area contributed by atoms with Crippen LogP contribution in [0.15, 0.2) is 12.2 Å². The van der Waals surface area contributed by atoms with Crippen molar-refractivity contribution in [2.75, 3.05) is 0 Å². The summed E-state index contributed by atoms with van der Waals surface area (Å²) in [5.41, 5.74) is 10.2. The summed E-state index contributed by atoms with van der Waals surface area (Å²) in [6.45, 7) is 2.10. The van der Waals surface area contributed by atoms with Gasteiger partial charge in [0.15, 0.2) is 0 Å². The Balaban J connectivity index is 2.90. The first-order valence-corrected chi connectivity index (χ1v) is 6.29. The van der Waals surface area contributed by atoms with Crippen LogP contribution in [-0.2, 0) is 9.59 Å². The number of carbonyl (C=O) groups is 2. The maximum absolute atomic E-state index is 11.8. The van der Waals surface area contributed by atoms with Gasteiger partial charge in [-0.3, -0.25) is 9.59 Å². The predicted octanol–water partition coefficient (Wildman–Crippen LogP) is 1.49. The minimum Gasteiger partial charge on any atom is -0.369 e. The van der Waals surface area contributed by atoms with E-state index in [1.54, 1.807) is 0 Å². The average molecular weight is 238 g/mol. The van der Waals surface area contributed by atoms with E-state index >= 15 is 0 Å². The lowest BCUT2D eigenvalue weighted by Crippen LogP contribution is -2.49. The molecule has 0 saturated carbocycles.